The lowest BCUT2D eigenvalue weighted by molar-refractivity contribution is -0.138. The fraction of sp³-hybridized carbons (Fsp3) is 0.462. The van der Waals surface area contributed by atoms with E-state index in [1.165, 1.54) is 15.5 Å². The molecule has 0 aliphatic heterocycles. The number of carboxylic acids is 1. The van der Waals surface area contributed by atoms with Crippen LogP contribution in [0.25, 0.3) is 0 Å². The minimum absolute atomic E-state index is 0.0767. The van der Waals surface area contributed by atoms with Gasteiger partial charge in [0, 0.05) is 38.8 Å². The molecule has 0 unspecified atom stereocenters. The zero-order valence-electron chi connectivity index (χ0n) is 11.1. The first-order valence-corrected chi connectivity index (χ1v) is 6.03. The van der Waals surface area contributed by atoms with Gasteiger partial charge in [0.1, 0.15) is 0 Å². The Balaban J connectivity index is 2.49. The van der Waals surface area contributed by atoms with Crippen LogP contribution >= 0.6 is 0 Å². The standard InChI is InChI=1S/C13H18N2O4/c1-10-3-7-15(12(17)9-10)8-4-11(16)14(2)6-5-13(18)19/h3,7,9H,4-6,8H2,1-2H3,(H,18,19). The van der Waals surface area contributed by atoms with Gasteiger partial charge in [0.15, 0.2) is 0 Å². The Labute approximate surface area is 111 Å². The fourth-order valence-electron chi connectivity index (χ4n) is 1.59. The zero-order valence-corrected chi connectivity index (χ0v) is 11.1. The summed E-state index contributed by atoms with van der Waals surface area (Å²) in [5, 5.41) is 8.53. The molecule has 0 saturated carbocycles. The van der Waals surface area contributed by atoms with E-state index in [1.807, 2.05) is 6.92 Å². The lowest BCUT2D eigenvalue weighted by Crippen LogP contribution is -2.31. The minimum Gasteiger partial charge on any atom is -0.481 e. The smallest absolute Gasteiger partial charge is 0.305 e. The molecule has 1 N–H and O–H groups in total. The molecule has 1 amide bonds. The molecule has 0 bridgehead atoms. The van der Waals surface area contributed by atoms with Crippen LogP contribution in [0.1, 0.15) is 18.4 Å². The van der Waals surface area contributed by atoms with Crippen molar-refractivity contribution in [2.75, 3.05) is 13.6 Å². The number of pyridine rings is 1. The third kappa shape index (κ3) is 4.95. The second kappa shape index (κ2) is 6.72. The average Bonchev–Trinajstić information content (AvgIpc) is 2.34. The van der Waals surface area contributed by atoms with Crippen LogP contribution in [-0.4, -0.2) is 40.0 Å². The number of aliphatic carboxylic acids is 1. The number of amides is 1. The van der Waals surface area contributed by atoms with Gasteiger partial charge in [-0.1, -0.05) is 0 Å². The number of rotatable bonds is 6. The molecule has 104 valence electrons. The summed E-state index contributed by atoms with van der Waals surface area (Å²) in [6, 6.07) is 3.32. The molecule has 0 spiro atoms. The van der Waals surface area contributed by atoms with Crippen molar-refractivity contribution in [2.24, 2.45) is 0 Å². The molecule has 1 heterocycles. The first kappa shape index (κ1) is 14.9. The number of carboxylic acid groups (broad SMARTS) is 1. The lowest BCUT2D eigenvalue weighted by Gasteiger charge is -2.16. The summed E-state index contributed by atoms with van der Waals surface area (Å²) in [5.41, 5.74) is 0.743. The van der Waals surface area contributed by atoms with E-state index >= 15 is 0 Å². The Morgan fingerprint density at radius 3 is 2.63 bits per heavy atom. The predicted molar refractivity (Wildman–Crippen MR) is 69.9 cm³/mol. The monoisotopic (exact) mass is 266 g/mol. The van der Waals surface area contributed by atoms with E-state index in [-0.39, 0.29) is 30.9 Å². The highest BCUT2D eigenvalue weighted by Crippen LogP contribution is 1.97. The van der Waals surface area contributed by atoms with E-state index in [2.05, 4.69) is 0 Å². The molecular weight excluding hydrogens is 248 g/mol. The van der Waals surface area contributed by atoms with Gasteiger partial charge in [0.05, 0.1) is 6.42 Å². The SMILES string of the molecule is Cc1ccn(CCC(=O)N(C)CCC(=O)O)c(=O)c1. The molecule has 0 atom stereocenters. The van der Waals surface area contributed by atoms with Gasteiger partial charge >= 0.3 is 5.97 Å². The van der Waals surface area contributed by atoms with Gasteiger partial charge < -0.3 is 14.6 Å². The quantitative estimate of drug-likeness (QED) is 0.812. The molecule has 1 aromatic heterocycles. The second-order valence-corrected chi connectivity index (χ2v) is 4.44. The Bertz CT molecular complexity index is 522. The summed E-state index contributed by atoms with van der Waals surface area (Å²) in [6.07, 6.45) is 1.76. The van der Waals surface area contributed by atoms with Gasteiger partial charge in [-0.05, 0) is 18.6 Å². The maximum Gasteiger partial charge on any atom is 0.305 e. The van der Waals surface area contributed by atoms with E-state index in [9.17, 15) is 14.4 Å². The van der Waals surface area contributed by atoms with Gasteiger partial charge in [-0.3, -0.25) is 14.4 Å². The van der Waals surface area contributed by atoms with Crippen molar-refractivity contribution in [3.8, 4) is 0 Å². The summed E-state index contributed by atoms with van der Waals surface area (Å²) in [4.78, 5) is 35.1. The van der Waals surface area contributed by atoms with E-state index in [1.54, 1.807) is 19.3 Å². The molecule has 0 aromatic carbocycles. The molecule has 6 nitrogen and oxygen atoms in total. The molecule has 0 aliphatic carbocycles. The molecule has 0 saturated heterocycles. The number of aryl methyl sites for hydroxylation is 2. The van der Waals surface area contributed by atoms with Crippen LogP contribution < -0.4 is 5.56 Å². The molecular formula is C13H18N2O4. The van der Waals surface area contributed by atoms with Gasteiger partial charge in [-0.2, -0.15) is 0 Å². The van der Waals surface area contributed by atoms with Crippen LogP contribution in [0.2, 0.25) is 0 Å². The Morgan fingerprint density at radius 2 is 2.05 bits per heavy atom. The van der Waals surface area contributed by atoms with Gasteiger partial charge in [-0.15, -0.1) is 0 Å². The Hall–Kier alpha value is -2.11. The van der Waals surface area contributed by atoms with Crippen molar-refractivity contribution in [3.05, 3.63) is 34.2 Å². The third-order valence-corrected chi connectivity index (χ3v) is 2.81. The van der Waals surface area contributed by atoms with Crippen LogP contribution in [0.15, 0.2) is 23.1 Å². The summed E-state index contributed by atoms with van der Waals surface area (Å²) >= 11 is 0. The zero-order chi connectivity index (χ0) is 14.4. The Kier molecular flexibility index (Phi) is 5.29. The minimum atomic E-state index is -0.936. The predicted octanol–water partition coefficient (Wildman–Crippen LogP) is 0.480. The van der Waals surface area contributed by atoms with Crippen LogP contribution in [0.5, 0.6) is 0 Å². The Morgan fingerprint density at radius 1 is 1.37 bits per heavy atom. The van der Waals surface area contributed by atoms with Crippen molar-refractivity contribution < 1.29 is 14.7 Å². The summed E-state index contributed by atoms with van der Waals surface area (Å²) < 4.78 is 1.47. The molecule has 1 rings (SSSR count). The largest absolute Gasteiger partial charge is 0.481 e. The highest BCUT2D eigenvalue weighted by Gasteiger charge is 2.10. The second-order valence-electron chi connectivity index (χ2n) is 4.44. The molecule has 0 radical (unpaired) electrons. The highest BCUT2D eigenvalue weighted by atomic mass is 16.4. The summed E-state index contributed by atoms with van der Waals surface area (Å²) in [7, 11) is 1.56. The lowest BCUT2D eigenvalue weighted by atomic mass is 10.3. The average molecular weight is 266 g/mol. The van der Waals surface area contributed by atoms with E-state index in [0.717, 1.165) is 5.56 Å². The van der Waals surface area contributed by atoms with E-state index in [4.69, 9.17) is 5.11 Å². The highest BCUT2D eigenvalue weighted by molar-refractivity contribution is 5.76. The van der Waals surface area contributed by atoms with Crippen molar-refractivity contribution >= 4 is 11.9 Å². The van der Waals surface area contributed by atoms with Crippen molar-refractivity contribution in [1.29, 1.82) is 0 Å². The fourth-order valence-corrected chi connectivity index (χ4v) is 1.59. The van der Waals surface area contributed by atoms with Gasteiger partial charge in [0.2, 0.25) is 5.91 Å². The number of carbonyl (C=O) groups excluding carboxylic acids is 1. The molecule has 0 aliphatic rings. The number of aromatic nitrogens is 1. The molecule has 0 fully saturated rings. The summed E-state index contributed by atoms with van der Waals surface area (Å²) in [5.74, 6) is -1.11. The normalized spacial score (nSPS) is 10.2. The summed E-state index contributed by atoms with van der Waals surface area (Å²) in [6.45, 7) is 2.31. The van der Waals surface area contributed by atoms with Crippen molar-refractivity contribution in [3.63, 3.8) is 0 Å². The van der Waals surface area contributed by atoms with Crippen LogP contribution in [0.3, 0.4) is 0 Å². The molecule has 1 aromatic rings. The third-order valence-electron chi connectivity index (χ3n) is 2.81. The topological polar surface area (TPSA) is 79.6 Å². The van der Waals surface area contributed by atoms with Crippen molar-refractivity contribution in [1.82, 2.24) is 9.47 Å². The van der Waals surface area contributed by atoms with E-state index < -0.39 is 5.97 Å². The van der Waals surface area contributed by atoms with Gasteiger partial charge in [-0.25, -0.2) is 0 Å². The van der Waals surface area contributed by atoms with Crippen LogP contribution in [-0.2, 0) is 16.1 Å². The number of hydrogen-bond donors (Lipinski definition) is 1. The van der Waals surface area contributed by atoms with Crippen molar-refractivity contribution in [2.45, 2.75) is 26.3 Å². The maximum atomic E-state index is 11.7. The van der Waals surface area contributed by atoms with Crippen LogP contribution in [0, 0.1) is 6.92 Å². The molecule has 6 heteroatoms. The number of carbonyl (C=O) groups is 2. The first-order valence-electron chi connectivity index (χ1n) is 6.03. The maximum absolute atomic E-state index is 11.7. The number of nitrogens with zero attached hydrogens (tertiary/aromatic N) is 2. The number of hydrogen-bond acceptors (Lipinski definition) is 3. The van der Waals surface area contributed by atoms with Gasteiger partial charge in [0.25, 0.3) is 5.56 Å². The van der Waals surface area contributed by atoms with E-state index in [0.29, 0.717) is 6.54 Å². The molecule has 19 heavy (non-hydrogen) atoms. The first-order chi connectivity index (χ1) is 8.90. The van der Waals surface area contributed by atoms with Crippen LogP contribution in [0.4, 0.5) is 0 Å².